The Kier molecular flexibility index (Phi) is 5.22. The van der Waals surface area contributed by atoms with Crippen LogP contribution < -0.4 is 4.72 Å². The molecule has 0 heterocycles. The van der Waals surface area contributed by atoms with E-state index in [0.29, 0.717) is 13.0 Å². The Morgan fingerprint density at radius 1 is 1.50 bits per heavy atom. The van der Waals surface area contributed by atoms with Crippen LogP contribution in [0.15, 0.2) is 23.1 Å². The third-order valence-electron chi connectivity index (χ3n) is 2.19. The maximum absolute atomic E-state index is 13.1. The van der Waals surface area contributed by atoms with Crippen molar-refractivity contribution in [2.45, 2.75) is 11.3 Å². The van der Waals surface area contributed by atoms with Crippen LogP contribution in [0.1, 0.15) is 12.0 Å². The fraction of sp³-hybridized carbons (Fsp3) is 0.364. The average molecular weight is 272 g/mol. The van der Waals surface area contributed by atoms with Crippen molar-refractivity contribution in [2.24, 2.45) is 0 Å². The van der Waals surface area contributed by atoms with Gasteiger partial charge in [0.15, 0.2) is 0 Å². The quantitative estimate of drug-likeness (QED) is 0.784. The van der Waals surface area contributed by atoms with Gasteiger partial charge in [-0.3, -0.25) is 0 Å². The van der Waals surface area contributed by atoms with Crippen LogP contribution in [0.3, 0.4) is 0 Å². The van der Waals surface area contributed by atoms with Crippen LogP contribution in [-0.2, 0) is 14.8 Å². The smallest absolute Gasteiger partial charge is 0.240 e. The molecule has 1 rings (SSSR count). The Morgan fingerprint density at radius 2 is 2.22 bits per heavy atom. The van der Waals surface area contributed by atoms with E-state index in [1.54, 1.807) is 6.07 Å². The summed E-state index contributed by atoms with van der Waals surface area (Å²) in [5.41, 5.74) is -0.297. The Morgan fingerprint density at radius 3 is 2.83 bits per heavy atom. The molecule has 18 heavy (non-hydrogen) atoms. The van der Waals surface area contributed by atoms with Gasteiger partial charge in [-0.25, -0.2) is 17.5 Å². The molecular weight excluding hydrogens is 259 g/mol. The zero-order valence-electron chi connectivity index (χ0n) is 9.81. The third kappa shape index (κ3) is 3.77. The minimum absolute atomic E-state index is 0.127. The van der Waals surface area contributed by atoms with Crippen LogP contribution in [-0.4, -0.2) is 28.7 Å². The number of nitrogens with zero attached hydrogens (tertiary/aromatic N) is 1. The summed E-state index contributed by atoms with van der Waals surface area (Å²) in [4.78, 5) is -0.127. The summed E-state index contributed by atoms with van der Waals surface area (Å²) >= 11 is 0. The fourth-order valence-electron chi connectivity index (χ4n) is 1.26. The van der Waals surface area contributed by atoms with E-state index in [1.807, 2.05) is 0 Å². The van der Waals surface area contributed by atoms with Crippen molar-refractivity contribution in [3.8, 4) is 6.07 Å². The number of ether oxygens (including phenoxy) is 1. The molecule has 0 fully saturated rings. The van der Waals surface area contributed by atoms with Gasteiger partial charge in [-0.05, 0) is 24.6 Å². The summed E-state index contributed by atoms with van der Waals surface area (Å²) in [6.07, 6.45) is 0.530. The van der Waals surface area contributed by atoms with Gasteiger partial charge in [0.05, 0.1) is 10.5 Å². The number of nitriles is 1. The average Bonchev–Trinajstić information content (AvgIpc) is 2.35. The van der Waals surface area contributed by atoms with E-state index in [-0.39, 0.29) is 17.0 Å². The van der Waals surface area contributed by atoms with Gasteiger partial charge in [-0.2, -0.15) is 5.26 Å². The molecule has 7 heteroatoms. The van der Waals surface area contributed by atoms with E-state index in [4.69, 9.17) is 10.00 Å². The summed E-state index contributed by atoms with van der Waals surface area (Å²) in [6, 6.07) is 4.69. The maximum Gasteiger partial charge on any atom is 0.240 e. The van der Waals surface area contributed by atoms with Gasteiger partial charge >= 0.3 is 0 Å². The highest BCUT2D eigenvalue weighted by molar-refractivity contribution is 7.89. The number of halogens is 1. The molecule has 98 valence electrons. The lowest BCUT2D eigenvalue weighted by Crippen LogP contribution is -2.25. The van der Waals surface area contributed by atoms with E-state index in [0.717, 1.165) is 18.2 Å². The summed E-state index contributed by atoms with van der Waals surface area (Å²) < 4.78 is 43.8. The van der Waals surface area contributed by atoms with Crippen LogP contribution in [0.5, 0.6) is 0 Å². The first-order chi connectivity index (χ1) is 8.51. The summed E-state index contributed by atoms with van der Waals surface area (Å²) in [7, 11) is -2.19. The molecule has 0 aliphatic carbocycles. The van der Waals surface area contributed by atoms with Crippen LogP contribution in [0.4, 0.5) is 4.39 Å². The van der Waals surface area contributed by atoms with Crippen molar-refractivity contribution in [2.75, 3.05) is 20.3 Å². The molecule has 0 amide bonds. The van der Waals surface area contributed by atoms with Crippen molar-refractivity contribution in [1.82, 2.24) is 4.72 Å². The molecular formula is C11H13FN2O3S. The number of benzene rings is 1. The lowest BCUT2D eigenvalue weighted by molar-refractivity contribution is 0.196. The number of hydrogen-bond donors (Lipinski definition) is 1. The molecule has 1 N–H and O–H groups in total. The van der Waals surface area contributed by atoms with E-state index in [9.17, 15) is 12.8 Å². The van der Waals surface area contributed by atoms with Gasteiger partial charge in [0.1, 0.15) is 11.9 Å². The highest BCUT2D eigenvalue weighted by Crippen LogP contribution is 2.14. The maximum atomic E-state index is 13.1. The number of nitrogens with one attached hydrogen (secondary N) is 1. The van der Waals surface area contributed by atoms with Crippen LogP contribution >= 0.6 is 0 Å². The van der Waals surface area contributed by atoms with Crippen LogP contribution in [0.25, 0.3) is 0 Å². The van der Waals surface area contributed by atoms with Gasteiger partial charge in [-0.15, -0.1) is 0 Å². The number of hydrogen-bond acceptors (Lipinski definition) is 4. The number of sulfonamides is 1. The molecule has 0 unspecified atom stereocenters. The number of methoxy groups -OCH3 is 1. The van der Waals surface area contributed by atoms with Crippen LogP contribution in [0, 0.1) is 17.1 Å². The first-order valence-corrected chi connectivity index (χ1v) is 6.68. The van der Waals surface area contributed by atoms with Gasteiger partial charge in [-0.1, -0.05) is 0 Å². The summed E-state index contributed by atoms with van der Waals surface area (Å²) in [6.45, 7) is 0.658. The summed E-state index contributed by atoms with van der Waals surface area (Å²) in [5.74, 6) is -0.740. The topological polar surface area (TPSA) is 79.2 Å². The molecule has 0 atom stereocenters. The monoisotopic (exact) mass is 272 g/mol. The highest BCUT2D eigenvalue weighted by atomic mass is 32.2. The van der Waals surface area contributed by atoms with Crippen LogP contribution in [0.2, 0.25) is 0 Å². The second-order valence-electron chi connectivity index (χ2n) is 3.50. The molecule has 1 aromatic carbocycles. The largest absolute Gasteiger partial charge is 0.385 e. The molecule has 0 bridgehead atoms. The van der Waals surface area contributed by atoms with E-state index < -0.39 is 15.8 Å². The van der Waals surface area contributed by atoms with Crippen molar-refractivity contribution in [3.05, 3.63) is 29.6 Å². The van der Waals surface area contributed by atoms with Gasteiger partial charge in [0, 0.05) is 20.3 Å². The lowest BCUT2D eigenvalue weighted by atomic mass is 10.2. The Labute approximate surface area is 105 Å². The molecule has 1 aromatic rings. The van der Waals surface area contributed by atoms with Gasteiger partial charge in [0.25, 0.3) is 0 Å². The standard InChI is InChI=1S/C11H13FN2O3S/c1-17-6-2-5-14-18(15,16)10-3-4-11(12)9(7-10)8-13/h3-4,7,14H,2,5-6H2,1H3. The van der Waals surface area contributed by atoms with E-state index in [2.05, 4.69) is 4.72 Å². The second-order valence-corrected chi connectivity index (χ2v) is 5.26. The molecule has 0 aliphatic rings. The number of rotatable bonds is 6. The zero-order chi connectivity index (χ0) is 13.6. The first-order valence-electron chi connectivity index (χ1n) is 5.19. The normalized spacial score (nSPS) is 11.2. The molecule has 0 aliphatic heterocycles. The van der Waals surface area contributed by atoms with Crippen molar-refractivity contribution >= 4 is 10.0 Å². The first kappa shape index (κ1) is 14.6. The highest BCUT2D eigenvalue weighted by Gasteiger charge is 2.15. The lowest BCUT2D eigenvalue weighted by Gasteiger charge is -2.06. The molecule has 0 saturated heterocycles. The molecule has 0 saturated carbocycles. The van der Waals surface area contributed by atoms with Crippen molar-refractivity contribution < 1.29 is 17.5 Å². The minimum atomic E-state index is -3.71. The Bertz CT molecular complexity index is 552. The SMILES string of the molecule is COCCCNS(=O)(=O)c1ccc(F)c(C#N)c1. The Hall–Kier alpha value is -1.49. The fourth-order valence-corrected chi connectivity index (χ4v) is 2.36. The van der Waals surface area contributed by atoms with Gasteiger partial charge in [0.2, 0.25) is 10.0 Å². The minimum Gasteiger partial charge on any atom is -0.385 e. The second kappa shape index (κ2) is 6.44. The molecule has 0 spiro atoms. The predicted octanol–water partition coefficient (Wildman–Crippen LogP) is 1.01. The Balaban J connectivity index is 2.83. The molecule has 0 radical (unpaired) electrons. The molecule has 5 nitrogen and oxygen atoms in total. The summed E-state index contributed by atoms with van der Waals surface area (Å²) in [5, 5.41) is 8.63. The van der Waals surface area contributed by atoms with Crippen molar-refractivity contribution in [1.29, 1.82) is 5.26 Å². The predicted molar refractivity (Wildman–Crippen MR) is 62.8 cm³/mol. The van der Waals surface area contributed by atoms with E-state index in [1.165, 1.54) is 7.11 Å². The van der Waals surface area contributed by atoms with Gasteiger partial charge < -0.3 is 4.74 Å². The van der Waals surface area contributed by atoms with E-state index >= 15 is 0 Å². The zero-order valence-corrected chi connectivity index (χ0v) is 10.6. The molecule has 0 aromatic heterocycles. The van der Waals surface area contributed by atoms with Crippen molar-refractivity contribution in [3.63, 3.8) is 0 Å². The third-order valence-corrected chi connectivity index (χ3v) is 3.64.